The summed E-state index contributed by atoms with van der Waals surface area (Å²) >= 11 is 0. The zero-order chi connectivity index (χ0) is 11.7. The molecular weight excluding hydrogens is 214 g/mol. The molecule has 90 valence electrons. The minimum atomic E-state index is -0.176. The summed E-state index contributed by atoms with van der Waals surface area (Å²) in [4.78, 5) is 11.8. The Morgan fingerprint density at radius 1 is 1.41 bits per heavy atom. The third kappa shape index (κ3) is 2.43. The maximum Gasteiger partial charge on any atom is 0.338 e. The summed E-state index contributed by atoms with van der Waals surface area (Å²) in [6, 6.07) is 5.81. The molecular formula is C14H17NO2. The van der Waals surface area contributed by atoms with E-state index in [1.54, 1.807) is 0 Å². The van der Waals surface area contributed by atoms with Gasteiger partial charge in [0.1, 0.15) is 0 Å². The van der Waals surface area contributed by atoms with Crippen molar-refractivity contribution in [2.45, 2.75) is 25.7 Å². The number of esters is 1. The number of benzene rings is 1. The molecule has 3 heteroatoms. The van der Waals surface area contributed by atoms with Gasteiger partial charge in [-0.25, -0.2) is 4.79 Å². The molecule has 2 aliphatic rings. The van der Waals surface area contributed by atoms with Crippen LogP contribution in [0.1, 0.15) is 35.2 Å². The molecule has 1 aromatic carbocycles. The van der Waals surface area contributed by atoms with Gasteiger partial charge < -0.3 is 10.1 Å². The average Bonchev–Trinajstić information content (AvgIpc) is 3.19. The van der Waals surface area contributed by atoms with E-state index >= 15 is 0 Å². The number of hydrogen-bond donors (Lipinski definition) is 1. The Balaban J connectivity index is 1.70. The molecule has 0 unspecified atom stereocenters. The fraction of sp³-hybridized carbons (Fsp3) is 0.500. The van der Waals surface area contributed by atoms with Gasteiger partial charge in [0.2, 0.25) is 0 Å². The summed E-state index contributed by atoms with van der Waals surface area (Å²) in [5.41, 5.74) is 3.08. The second kappa shape index (κ2) is 4.40. The van der Waals surface area contributed by atoms with Gasteiger partial charge in [-0.05, 0) is 55.4 Å². The van der Waals surface area contributed by atoms with Gasteiger partial charge in [-0.1, -0.05) is 0 Å². The van der Waals surface area contributed by atoms with Crippen LogP contribution in [-0.4, -0.2) is 19.1 Å². The molecule has 0 aromatic heterocycles. The predicted molar refractivity (Wildman–Crippen MR) is 66.3 cm³/mol. The van der Waals surface area contributed by atoms with Crippen LogP contribution in [-0.2, 0) is 11.2 Å². The summed E-state index contributed by atoms with van der Waals surface area (Å²) in [6.07, 6.45) is 4.60. The van der Waals surface area contributed by atoms with Crippen LogP contribution in [0.25, 0.3) is 0 Å². The normalized spacial score (nSPS) is 18.1. The molecule has 1 N–H and O–H groups in total. The van der Waals surface area contributed by atoms with Crippen LogP contribution in [0.3, 0.4) is 0 Å². The Hall–Kier alpha value is -1.51. The quantitative estimate of drug-likeness (QED) is 0.813. The van der Waals surface area contributed by atoms with E-state index in [2.05, 4.69) is 5.32 Å². The first-order valence-corrected chi connectivity index (χ1v) is 6.37. The molecule has 0 bridgehead atoms. The summed E-state index contributed by atoms with van der Waals surface area (Å²) in [5.74, 6) is 0.448. The van der Waals surface area contributed by atoms with Crippen LogP contribution in [0.4, 0.5) is 5.69 Å². The number of carbonyl (C=O) groups excluding carboxylic acids is 1. The van der Waals surface area contributed by atoms with Crippen LogP contribution in [0.15, 0.2) is 18.2 Å². The Morgan fingerprint density at radius 2 is 2.29 bits per heavy atom. The van der Waals surface area contributed by atoms with E-state index in [0.29, 0.717) is 18.1 Å². The van der Waals surface area contributed by atoms with E-state index in [9.17, 15) is 4.79 Å². The van der Waals surface area contributed by atoms with Gasteiger partial charge in [-0.3, -0.25) is 0 Å². The molecule has 1 aliphatic carbocycles. The molecule has 3 nitrogen and oxygen atoms in total. The maximum absolute atomic E-state index is 11.8. The summed E-state index contributed by atoms with van der Waals surface area (Å²) in [5, 5.41) is 3.34. The molecule has 0 saturated heterocycles. The van der Waals surface area contributed by atoms with Gasteiger partial charge in [0, 0.05) is 12.2 Å². The SMILES string of the molecule is O=C(OCC1CC1)c1ccc2c(c1)CCCN2. The van der Waals surface area contributed by atoms with Gasteiger partial charge in [-0.15, -0.1) is 0 Å². The van der Waals surface area contributed by atoms with E-state index in [-0.39, 0.29) is 5.97 Å². The van der Waals surface area contributed by atoms with Gasteiger partial charge in [-0.2, -0.15) is 0 Å². The standard InChI is InChI=1S/C14H17NO2/c16-14(17-9-10-3-4-10)12-5-6-13-11(8-12)2-1-7-15-13/h5-6,8,10,15H,1-4,7,9H2. The van der Waals surface area contributed by atoms with E-state index in [4.69, 9.17) is 4.74 Å². The number of hydrogen-bond acceptors (Lipinski definition) is 3. The Labute approximate surface area is 101 Å². The smallest absolute Gasteiger partial charge is 0.338 e. The lowest BCUT2D eigenvalue weighted by Crippen LogP contribution is -2.13. The van der Waals surface area contributed by atoms with Crippen molar-refractivity contribution < 1.29 is 9.53 Å². The molecule has 0 atom stereocenters. The first-order valence-electron chi connectivity index (χ1n) is 6.37. The molecule has 1 aromatic rings. The van der Waals surface area contributed by atoms with Crippen LogP contribution in [0.5, 0.6) is 0 Å². The first-order chi connectivity index (χ1) is 8.33. The Kier molecular flexibility index (Phi) is 2.75. The van der Waals surface area contributed by atoms with Crippen molar-refractivity contribution >= 4 is 11.7 Å². The monoisotopic (exact) mass is 231 g/mol. The highest BCUT2D eigenvalue weighted by Gasteiger charge is 2.23. The van der Waals surface area contributed by atoms with Crippen molar-refractivity contribution in [2.75, 3.05) is 18.5 Å². The second-order valence-corrected chi connectivity index (χ2v) is 4.94. The highest BCUT2D eigenvalue weighted by Crippen LogP contribution is 2.29. The number of fused-ring (bicyclic) bond motifs is 1. The van der Waals surface area contributed by atoms with Gasteiger partial charge in [0.25, 0.3) is 0 Å². The zero-order valence-electron chi connectivity index (χ0n) is 9.87. The highest BCUT2D eigenvalue weighted by molar-refractivity contribution is 5.90. The van der Waals surface area contributed by atoms with E-state index < -0.39 is 0 Å². The number of nitrogens with one attached hydrogen (secondary N) is 1. The number of ether oxygens (including phenoxy) is 1. The summed E-state index contributed by atoms with van der Waals surface area (Å²) < 4.78 is 5.28. The molecule has 0 spiro atoms. The molecule has 0 radical (unpaired) electrons. The van der Waals surface area contributed by atoms with E-state index in [1.165, 1.54) is 18.4 Å². The summed E-state index contributed by atoms with van der Waals surface area (Å²) in [6.45, 7) is 1.62. The van der Waals surface area contributed by atoms with Crippen molar-refractivity contribution in [3.63, 3.8) is 0 Å². The van der Waals surface area contributed by atoms with Crippen molar-refractivity contribution in [2.24, 2.45) is 5.92 Å². The average molecular weight is 231 g/mol. The van der Waals surface area contributed by atoms with Crippen LogP contribution < -0.4 is 5.32 Å². The molecule has 3 rings (SSSR count). The van der Waals surface area contributed by atoms with Crippen molar-refractivity contribution in [1.82, 2.24) is 0 Å². The van der Waals surface area contributed by atoms with Crippen LogP contribution in [0, 0.1) is 5.92 Å². The Morgan fingerprint density at radius 3 is 3.12 bits per heavy atom. The van der Waals surface area contributed by atoms with E-state index in [0.717, 1.165) is 25.1 Å². The molecule has 1 aliphatic heterocycles. The van der Waals surface area contributed by atoms with Crippen LogP contribution >= 0.6 is 0 Å². The number of aryl methyl sites for hydroxylation is 1. The van der Waals surface area contributed by atoms with Gasteiger partial charge in [0.15, 0.2) is 0 Å². The minimum Gasteiger partial charge on any atom is -0.462 e. The molecule has 1 saturated carbocycles. The molecule has 1 fully saturated rings. The third-order valence-corrected chi connectivity index (χ3v) is 3.43. The minimum absolute atomic E-state index is 0.176. The lowest BCUT2D eigenvalue weighted by Gasteiger charge is -2.18. The van der Waals surface area contributed by atoms with Crippen molar-refractivity contribution in [3.8, 4) is 0 Å². The van der Waals surface area contributed by atoms with Gasteiger partial charge in [0.05, 0.1) is 12.2 Å². The number of anilines is 1. The van der Waals surface area contributed by atoms with Gasteiger partial charge >= 0.3 is 5.97 Å². The third-order valence-electron chi connectivity index (χ3n) is 3.43. The van der Waals surface area contributed by atoms with Crippen molar-refractivity contribution in [3.05, 3.63) is 29.3 Å². The Bertz CT molecular complexity index is 438. The zero-order valence-corrected chi connectivity index (χ0v) is 9.87. The number of rotatable bonds is 3. The maximum atomic E-state index is 11.8. The molecule has 1 heterocycles. The lowest BCUT2D eigenvalue weighted by atomic mass is 10.0. The fourth-order valence-electron chi connectivity index (χ4n) is 2.16. The van der Waals surface area contributed by atoms with Crippen LogP contribution in [0.2, 0.25) is 0 Å². The van der Waals surface area contributed by atoms with Crippen molar-refractivity contribution in [1.29, 1.82) is 0 Å². The molecule has 0 amide bonds. The predicted octanol–water partition coefficient (Wildman–Crippen LogP) is 2.61. The largest absolute Gasteiger partial charge is 0.462 e. The topological polar surface area (TPSA) is 38.3 Å². The summed E-state index contributed by atoms with van der Waals surface area (Å²) in [7, 11) is 0. The first kappa shape index (κ1) is 10.6. The fourth-order valence-corrected chi connectivity index (χ4v) is 2.16. The lowest BCUT2D eigenvalue weighted by molar-refractivity contribution is 0.0486. The second-order valence-electron chi connectivity index (χ2n) is 4.94. The molecule has 17 heavy (non-hydrogen) atoms. The highest BCUT2D eigenvalue weighted by atomic mass is 16.5. The number of carbonyl (C=O) groups is 1. The van der Waals surface area contributed by atoms with E-state index in [1.807, 2.05) is 18.2 Å².